The number of carboxylic acids is 1. The van der Waals surface area contributed by atoms with Crippen molar-refractivity contribution in [3.63, 3.8) is 0 Å². The van der Waals surface area contributed by atoms with Crippen LogP contribution in [0.4, 0.5) is 5.82 Å². The second kappa shape index (κ2) is 4.78. The van der Waals surface area contributed by atoms with Crippen LogP contribution in [0.25, 0.3) is 0 Å². The molecule has 0 bridgehead atoms. The summed E-state index contributed by atoms with van der Waals surface area (Å²) in [4.78, 5) is 20.7. The summed E-state index contributed by atoms with van der Waals surface area (Å²) in [6, 6.07) is 3.59. The van der Waals surface area contributed by atoms with Crippen molar-refractivity contribution in [2.24, 2.45) is 5.92 Å². The van der Waals surface area contributed by atoms with Gasteiger partial charge in [0, 0.05) is 19.2 Å². The molecule has 6 heteroatoms. The zero-order chi connectivity index (χ0) is 12.3. The van der Waals surface area contributed by atoms with E-state index in [2.05, 4.69) is 9.97 Å². The van der Waals surface area contributed by atoms with Crippen LogP contribution in [0.1, 0.15) is 18.5 Å². The van der Waals surface area contributed by atoms with Crippen LogP contribution in [-0.4, -0.2) is 34.1 Å². The van der Waals surface area contributed by atoms with Gasteiger partial charge in [0.1, 0.15) is 23.9 Å². The zero-order valence-corrected chi connectivity index (χ0v) is 9.20. The van der Waals surface area contributed by atoms with Crippen molar-refractivity contribution in [2.75, 3.05) is 18.0 Å². The fraction of sp³-hybridized carbons (Fsp3) is 0.455. The molecule has 1 aliphatic rings. The maximum Gasteiger partial charge on any atom is 0.306 e. The van der Waals surface area contributed by atoms with E-state index in [4.69, 9.17) is 10.4 Å². The highest BCUT2D eigenvalue weighted by atomic mass is 16.4. The Kier molecular flexibility index (Phi) is 3.19. The highest BCUT2D eigenvalue weighted by molar-refractivity contribution is 5.70. The first-order chi connectivity index (χ1) is 8.20. The third kappa shape index (κ3) is 2.50. The van der Waals surface area contributed by atoms with Gasteiger partial charge in [-0.2, -0.15) is 5.26 Å². The second-order valence-corrected chi connectivity index (χ2v) is 3.97. The lowest BCUT2D eigenvalue weighted by molar-refractivity contribution is -0.142. The van der Waals surface area contributed by atoms with Crippen LogP contribution in [0.3, 0.4) is 0 Å². The molecule has 0 aliphatic carbocycles. The van der Waals surface area contributed by atoms with Crippen molar-refractivity contribution in [1.82, 2.24) is 9.97 Å². The molecule has 2 heterocycles. The molecule has 0 unspecified atom stereocenters. The molecule has 1 fully saturated rings. The molecule has 0 saturated carbocycles. The number of anilines is 1. The van der Waals surface area contributed by atoms with Gasteiger partial charge in [-0.25, -0.2) is 9.97 Å². The second-order valence-electron chi connectivity index (χ2n) is 3.97. The molecule has 0 aromatic carbocycles. The van der Waals surface area contributed by atoms with Crippen LogP contribution in [0.15, 0.2) is 12.4 Å². The summed E-state index contributed by atoms with van der Waals surface area (Å²) < 4.78 is 0. The van der Waals surface area contributed by atoms with Gasteiger partial charge in [-0.15, -0.1) is 0 Å². The summed E-state index contributed by atoms with van der Waals surface area (Å²) in [5.74, 6) is -0.297. The maximum absolute atomic E-state index is 10.8. The molecule has 2 rings (SSSR count). The van der Waals surface area contributed by atoms with Crippen LogP contribution >= 0.6 is 0 Å². The maximum atomic E-state index is 10.8. The average molecular weight is 232 g/mol. The largest absolute Gasteiger partial charge is 0.481 e. The third-order valence-corrected chi connectivity index (χ3v) is 2.94. The van der Waals surface area contributed by atoms with Crippen molar-refractivity contribution in [3.8, 4) is 6.07 Å². The summed E-state index contributed by atoms with van der Waals surface area (Å²) in [5.41, 5.74) is 0.329. The SMILES string of the molecule is N#Cc1cc(N2CCC(C(=O)O)CC2)ncn1. The number of piperidine rings is 1. The van der Waals surface area contributed by atoms with Crippen molar-refractivity contribution in [2.45, 2.75) is 12.8 Å². The first-order valence-electron chi connectivity index (χ1n) is 5.40. The van der Waals surface area contributed by atoms with Crippen LogP contribution in [0.2, 0.25) is 0 Å². The van der Waals surface area contributed by atoms with Gasteiger partial charge in [0.05, 0.1) is 5.92 Å². The Morgan fingerprint density at radius 2 is 2.18 bits per heavy atom. The molecule has 1 saturated heterocycles. The van der Waals surface area contributed by atoms with Crippen LogP contribution < -0.4 is 4.90 Å². The molecule has 0 atom stereocenters. The minimum absolute atomic E-state index is 0.261. The van der Waals surface area contributed by atoms with Gasteiger partial charge >= 0.3 is 5.97 Å². The van der Waals surface area contributed by atoms with Crippen LogP contribution in [-0.2, 0) is 4.79 Å². The van der Waals surface area contributed by atoms with E-state index in [9.17, 15) is 4.79 Å². The number of hydrogen-bond acceptors (Lipinski definition) is 5. The van der Waals surface area contributed by atoms with Gasteiger partial charge < -0.3 is 10.0 Å². The monoisotopic (exact) mass is 232 g/mol. The summed E-state index contributed by atoms with van der Waals surface area (Å²) in [5, 5.41) is 17.6. The van der Waals surface area contributed by atoms with Crippen LogP contribution in [0, 0.1) is 17.2 Å². The predicted octanol–water partition coefficient (Wildman–Crippen LogP) is 0.649. The Balaban J connectivity index is 2.05. The Bertz CT molecular complexity index is 461. The Morgan fingerprint density at radius 3 is 2.76 bits per heavy atom. The summed E-state index contributed by atoms with van der Waals surface area (Å²) in [6.45, 7) is 1.30. The molecule has 1 aromatic rings. The van der Waals surface area contributed by atoms with E-state index in [0.717, 1.165) is 0 Å². The zero-order valence-electron chi connectivity index (χ0n) is 9.20. The Morgan fingerprint density at radius 1 is 1.47 bits per heavy atom. The molecule has 0 spiro atoms. The van der Waals surface area contributed by atoms with Gasteiger partial charge in [0.15, 0.2) is 0 Å². The molecule has 1 N–H and O–H groups in total. The number of carbonyl (C=O) groups is 1. The van der Waals surface area contributed by atoms with Gasteiger partial charge in [0.2, 0.25) is 0 Å². The lowest BCUT2D eigenvalue weighted by Crippen LogP contribution is -2.36. The van der Waals surface area contributed by atoms with Crippen LogP contribution in [0.5, 0.6) is 0 Å². The smallest absolute Gasteiger partial charge is 0.306 e. The molecular weight excluding hydrogens is 220 g/mol. The van der Waals surface area contributed by atoms with Crippen molar-refractivity contribution >= 4 is 11.8 Å². The minimum atomic E-state index is -0.731. The molecule has 1 aliphatic heterocycles. The Hall–Kier alpha value is -2.16. The topological polar surface area (TPSA) is 90.1 Å². The van der Waals surface area contributed by atoms with Crippen molar-refractivity contribution in [1.29, 1.82) is 5.26 Å². The lowest BCUT2D eigenvalue weighted by atomic mass is 9.97. The quantitative estimate of drug-likeness (QED) is 0.805. The first-order valence-corrected chi connectivity index (χ1v) is 5.40. The number of nitrogens with zero attached hydrogens (tertiary/aromatic N) is 4. The summed E-state index contributed by atoms with van der Waals surface area (Å²) in [7, 11) is 0. The highest BCUT2D eigenvalue weighted by Crippen LogP contribution is 2.21. The van der Waals surface area contributed by atoms with E-state index in [0.29, 0.717) is 37.4 Å². The first kappa shape index (κ1) is 11.3. The van der Waals surface area contributed by atoms with E-state index in [1.807, 2.05) is 11.0 Å². The highest BCUT2D eigenvalue weighted by Gasteiger charge is 2.25. The van der Waals surface area contributed by atoms with E-state index < -0.39 is 5.97 Å². The van der Waals surface area contributed by atoms with Crippen molar-refractivity contribution in [3.05, 3.63) is 18.1 Å². The molecule has 1 aromatic heterocycles. The number of aromatic nitrogens is 2. The Labute approximate surface area is 98.5 Å². The number of nitriles is 1. The summed E-state index contributed by atoms with van der Waals surface area (Å²) in [6.07, 6.45) is 2.58. The van der Waals surface area contributed by atoms with Gasteiger partial charge in [-0.3, -0.25) is 4.79 Å². The summed E-state index contributed by atoms with van der Waals surface area (Å²) >= 11 is 0. The number of aliphatic carboxylic acids is 1. The number of rotatable bonds is 2. The van der Waals surface area contributed by atoms with E-state index in [1.54, 1.807) is 6.07 Å². The fourth-order valence-corrected chi connectivity index (χ4v) is 1.94. The van der Waals surface area contributed by atoms with Gasteiger partial charge in [0.25, 0.3) is 0 Å². The predicted molar refractivity (Wildman–Crippen MR) is 59.3 cm³/mol. The third-order valence-electron chi connectivity index (χ3n) is 2.94. The molecule has 17 heavy (non-hydrogen) atoms. The average Bonchev–Trinajstić information content (AvgIpc) is 2.39. The molecule has 88 valence electrons. The standard InChI is InChI=1S/C11H12N4O2/c12-6-9-5-10(14-7-13-9)15-3-1-8(2-4-15)11(16)17/h5,7-8H,1-4H2,(H,16,17). The molecule has 0 amide bonds. The molecular formula is C11H12N4O2. The van der Waals surface area contributed by atoms with Gasteiger partial charge in [-0.05, 0) is 12.8 Å². The van der Waals surface area contributed by atoms with Gasteiger partial charge in [-0.1, -0.05) is 0 Å². The number of carboxylic acid groups (broad SMARTS) is 1. The lowest BCUT2D eigenvalue weighted by Gasteiger charge is -2.30. The fourth-order valence-electron chi connectivity index (χ4n) is 1.94. The molecule has 6 nitrogen and oxygen atoms in total. The molecule has 0 radical (unpaired) electrons. The van der Waals surface area contributed by atoms with E-state index in [1.165, 1.54) is 6.33 Å². The van der Waals surface area contributed by atoms with Crippen molar-refractivity contribution < 1.29 is 9.90 Å². The van der Waals surface area contributed by atoms with E-state index in [-0.39, 0.29) is 5.92 Å². The minimum Gasteiger partial charge on any atom is -0.481 e. The van der Waals surface area contributed by atoms with E-state index >= 15 is 0 Å². The normalized spacial score (nSPS) is 16.5. The number of hydrogen-bond donors (Lipinski definition) is 1.